The van der Waals surface area contributed by atoms with E-state index in [1.54, 1.807) is 30.6 Å². The Morgan fingerprint density at radius 1 is 1.18 bits per heavy atom. The second kappa shape index (κ2) is 15.4. The monoisotopic (exact) mass is 632 g/mol. The van der Waals surface area contributed by atoms with Crippen molar-refractivity contribution >= 4 is 29.3 Å². The number of benzene rings is 2. The lowest BCUT2D eigenvalue weighted by atomic mass is 9.87. The molecule has 8 nitrogen and oxygen atoms in total. The lowest BCUT2D eigenvalue weighted by molar-refractivity contribution is -0.116. The maximum absolute atomic E-state index is 13.7. The molecule has 1 fully saturated rings. The molecule has 2 aromatic carbocycles. The largest absolute Gasteiger partial charge is 0.448 e. The molecule has 1 saturated heterocycles. The van der Waals surface area contributed by atoms with Gasteiger partial charge in [0.15, 0.2) is 0 Å². The maximum Gasteiger partial charge on any atom is 0.407 e. The number of anilines is 1. The van der Waals surface area contributed by atoms with Crippen LogP contribution in [-0.2, 0) is 20.7 Å². The number of rotatable bonds is 12. The van der Waals surface area contributed by atoms with Crippen LogP contribution in [0.15, 0.2) is 60.9 Å². The van der Waals surface area contributed by atoms with E-state index in [1.807, 2.05) is 30.4 Å². The Bertz CT molecular complexity index is 1410. The third-order valence-corrected chi connectivity index (χ3v) is 7.72. The first-order chi connectivity index (χ1) is 21.0. The van der Waals surface area contributed by atoms with E-state index < -0.39 is 18.6 Å². The van der Waals surface area contributed by atoms with Crippen molar-refractivity contribution in [2.45, 2.75) is 57.1 Å². The highest BCUT2D eigenvalue weighted by molar-refractivity contribution is 6.31. The molecule has 0 spiro atoms. The van der Waals surface area contributed by atoms with Crippen molar-refractivity contribution in [2.24, 2.45) is 0 Å². The Morgan fingerprint density at radius 2 is 1.93 bits per heavy atom. The van der Waals surface area contributed by atoms with Crippen LogP contribution in [0.2, 0.25) is 5.02 Å². The topological polar surface area (TPSA) is 102 Å². The predicted molar refractivity (Wildman–Crippen MR) is 162 cm³/mol. The molecule has 4 rings (SSSR count). The zero-order valence-corrected chi connectivity index (χ0v) is 25.3. The average molecular weight is 633 g/mol. The second-order valence-electron chi connectivity index (χ2n) is 11.0. The molecule has 1 aromatic heterocycles. The number of hydrogen-bond donors (Lipinski definition) is 3. The first-order valence-corrected chi connectivity index (χ1v) is 14.7. The van der Waals surface area contributed by atoms with Crippen molar-refractivity contribution in [3.05, 3.63) is 94.0 Å². The number of hydrogen-bond acceptors (Lipinski definition) is 6. The fourth-order valence-electron chi connectivity index (χ4n) is 4.88. The highest BCUT2D eigenvalue weighted by Gasteiger charge is 2.25. The fraction of sp³-hybridized carbons (Fsp3) is 0.406. The minimum atomic E-state index is -3.01. The van der Waals surface area contributed by atoms with Gasteiger partial charge in [0.2, 0.25) is 5.91 Å². The molecule has 236 valence electrons. The van der Waals surface area contributed by atoms with Gasteiger partial charge < -0.3 is 25.4 Å². The number of nitrogens with one attached hydrogen (secondary N) is 3. The zero-order valence-electron chi connectivity index (χ0n) is 24.5. The zero-order chi connectivity index (χ0) is 31.7. The molecule has 12 heteroatoms. The van der Waals surface area contributed by atoms with Gasteiger partial charge in [-0.25, -0.2) is 18.0 Å². The Hall–Kier alpha value is -3.67. The number of carbonyl (C=O) groups excluding carboxylic acids is 2. The molecule has 1 aliphatic heterocycles. The standard InChI is InChI=1S/C32H36ClF3N4O4/c1-20-13-23(6-10-28(20)33)27(21-3-7-24(34)8-4-21)14-30(41)40-29-16-37-12-11-22(29)5-9-26-15-38-25(17-43-26)18-44-31(42)39-19-32(2,35)36/h3-4,6-8,10-13,16,25-27,38H,5,9,14-15,17-19H2,1-2H3,(H,39,42)(H,40,41)/t25-,26+,27+/m0/s1. The van der Waals surface area contributed by atoms with Crippen LogP contribution >= 0.6 is 11.6 Å². The van der Waals surface area contributed by atoms with Crippen LogP contribution in [0.25, 0.3) is 0 Å². The molecule has 0 radical (unpaired) electrons. The van der Waals surface area contributed by atoms with Gasteiger partial charge in [0, 0.05) is 37.0 Å². The molecule has 2 amide bonds. The smallest absolute Gasteiger partial charge is 0.407 e. The molecule has 0 aliphatic carbocycles. The molecule has 3 aromatic rings. The SMILES string of the molecule is Cc1cc([C@H](CC(=O)Nc2cnccc2CC[C@@H]2CN[C@H](COC(=O)NCC(C)(F)F)CO2)c2ccc(F)cc2)ccc1Cl. The van der Waals surface area contributed by atoms with E-state index in [2.05, 4.69) is 15.6 Å². The van der Waals surface area contributed by atoms with Crippen molar-refractivity contribution in [2.75, 3.05) is 31.6 Å². The number of alkyl carbamates (subject to hydrolysis) is 1. The molecule has 0 saturated carbocycles. The average Bonchev–Trinajstić information content (AvgIpc) is 2.99. The summed E-state index contributed by atoms with van der Waals surface area (Å²) in [6, 6.07) is 13.3. The quantitative estimate of drug-likeness (QED) is 0.226. The summed E-state index contributed by atoms with van der Waals surface area (Å²) in [6.07, 6.45) is 3.63. The van der Waals surface area contributed by atoms with Gasteiger partial charge in [-0.3, -0.25) is 9.78 Å². The Balaban J connectivity index is 1.30. The summed E-state index contributed by atoms with van der Waals surface area (Å²) in [5.74, 6) is -3.90. The van der Waals surface area contributed by atoms with Crippen LogP contribution in [0.5, 0.6) is 0 Å². The van der Waals surface area contributed by atoms with E-state index in [0.717, 1.165) is 22.3 Å². The van der Waals surface area contributed by atoms with Gasteiger partial charge >= 0.3 is 6.09 Å². The number of aryl methyl sites for hydroxylation is 2. The molecule has 0 unspecified atom stereocenters. The molecule has 2 heterocycles. The Morgan fingerprint density at radius 3 is 2.61 bits per heavy atom. The van der Waals surface area contributed by atoms with Gasteiger partial charge in [-0.15, -0.1) is 0 Å². The number of alkyl halides is 2. The highest BCUT2D eigenvalue weighted by atomic mass is 35.5. The summed E-state index contributed by atoms with van der Waals surface area (Å²) in [5, 5.41) is 8.91. The van der Waals surface area contributed by atoms with Gasteiger partial charge in [0.25, 0.3) is 5.92 Å². The summed E-state index contributed by atoms with van der Waals surface area (Å²) in [6.45, 7) is 2.60. The van der Waals surface area contributed by atoms with Gasteiger partial charge in [0.1, 0.15) is 12.4 Å². The lowest BCUT2D eigenvalue weighted by Crippen LogP contribution is -2.49. The van der Waals surface area contributed by atoms with Crippen molar-refractivity contribution in [1.82, 2.24) is 15.6 Å². The number of carbonyl (C=O) groups is 2. The van der Waals surface area contributed by atoms with E-state index in [9.17, 15) is 22.8 Å². The van der Waals surface area contributed by atoms with Crippen molar-refractivity contribution in [1.29, 1.82) is 0 Å². The van der Waals surface area contributed by atoms with Crippen molar-refractivity contribution in [3.63, 3.8) is 0 Å². The third kappa shape index (κ3) is 10.2. The predicted octanol–water partition coefficient (Wildman–Crippen LogP) is 6.01. The van der Waals surface area contributed by atoms with Crippen LogP contribution < -0.4 is 16.0 Å². The maximum atomic E-state index is 13.7. The van der Waals surface area contributed by atoms with Gasteiger partial charge in [-0.1, -0.05) is 35.9 Å². The van der Waals surface area contributed by atoms with Gasteiger partial charge in [-0.05, 0) is 66.3 Å². The molecule has 3 atom stereocenters. The Labute approximate surface area is 259 Å². The number of amides is 2. The normalized spacial score (nSPS) is 17.5. The minimum Gasteiger partial charge on any atom is -0.448 e. The number of ether oxygens (including phenoxy) is 2. The first-order valence-electron chi connectivity index (χ1n) is 14.3. The number of nitrogens with zero attached hydrogens (tertiary/aromatic N) is 1. The van der Waals surface area contributed by atoms with E-state index in [-0.39, 0.29) is 49.4 Å². The van der Waals surface area contributed by atoms with Crippen LogP contribution in [0.3, 0.4) is 0 Å². The number of morpholine rings is 1. The third-order valence-electron chi connectivity index (χ3n) is 7.29. The first kappa shape index (κ1) is 33.2. The van der Waals surface area contributed by atoms with Crippen LogP contribution in [-0.4, -0.2) is 61.4 Å². The lowest BCUT2D eigenvalue weighted by Gasteiger charge is -2.30. The summed E-state index contributed by atoms with van der Waals surface area (Å²) in [7, 11) is 0. The minimum absolute atomic E-state index is 0.0110. The summed E-state index contributed by atoms with van der Waals surface area (Å²) in [4.78, 5) is 29.1. The van der Waals surface area contributed by atoms with Gasteiger partial charge in [-0.2, -0.15) is 0 Å². The molecule has 44 heavy (non-hydrogen) atoms. The summed E-state index contributed by atoms with van der Waals surface area (Å²) >= 11 is 6.23. The Kier molecular flexibility index (Phi) is 11.6. The van der Waals surface area contributed by atoms with Crippen molar-refractivity contribution < 1.29 is 32.2 Å². The number of pyridine rings is 1. The number of aromatic nitrogens is 1. The highest BCUT2D eigenvalue weighted by Crippen LogP contribution is 2.31. The molecule has 1 aliphatic rings. The second-order valence-corrected chi connectivity index (χ2v) is 11.4. The van der Waals surface area contributed by atoms with Crippen LogP contribution in [0, 0.1) is 12.7 Å². The van der Waals surface area contributed by atoms with E-state index >= 15 is 0 Å². The van der Waals surface area contributed by atoms with Crippen LogP contribution in [0.4, 0.5) is 23.7 Å². The van der Waals surface area contributed by atoms with Crippen LogP contribution in [0.1, 0.15) is 47.9 Å². The van der Waals surface area contributed by atoms with E-state index in [0.29, 0.717) is 37.0 Å². The number of halogens is 4. The molecule has 0 bridgehead atoms. The molecular formula is C32H36ClF3N4O4. The summed E-state index contributed by atoms with van der Waals surface area (Å²) in [5.41, 5.74) is 4.08. The van der Waals surface area contributed by atoms with E-state index in [1.165, 1.54) is 12.1 Å². The van der Waals surface area contributed by atoms with Crippen molar-refractivity contribution in [3.8, 4) is 0 Å². The van der Waals surface area contributed by atoms with E-state index in [4.69, 9.17) is 21.1 Å². The molecule has 3 N–H and O–H groups in total. The summed E-state index contributed by atoms with van der Waals surface area (Å²) < 4.78 is 50.3. The van der Waals surface area contributed by atoms with Gasteiger partial charge in [0.05, 0.1) is 37.2 Å². The molecular weight excluding hydrogens is 597 g/mol. The fourth-order valence-corrected chi connectivity index (χ4v) is 5.00.